The normalized spacial score (nSPS) is 16.3. The van der Waals surface area contributed by atoms with Crippen molar-refractivity contribution in [2.24, 2.45) is 0 Å². The lowest BCUT2D eigenvalue weighted by Gasteiger charge is -2.15. The maximum absolute atomic E-state index is 9.55. The van der Waals surface area contributed by atoms with Gasteiger partial charge in [0.25, 0.3) is 0 Å². The van der Waals surface area contributed by atoms with Crippen molar-refractivity contribution in [1.82, 2.24) is 0 Å². The zero-order chi connectivity index (χ0) is 38.2. The van der Waals surface area contributed by atoms with Gasteiger partial charge in [0.05, 0.1) is 17.8 Å². The predicted molar refractivity (Wildman–Crippen MR) is 175 cm³/mol. The van der Waals surface area contributed by atoms with E-state index in [1.807, 2.05) is 60.7 Å². The summed E-state index contributed by atoms with van der Waals surface area (Å²) in [7, 11) is 0. The first-order valence-electron chi connectivity index (χ1n) is 19.6. The Labute approximate surface area is 255 Å². The maximum Gasteiger partial charge on any atom is 0.136 e. The van der Waals surface area contributed by atoms with Gasteiger partial charge in [-0.25, -0.2) is 0 Å². The summed E-state index contributed by atoms with van der Waals surface area (Å²) < 4.78 is 121. The average molecular weight is 534 g/mol. The molecule has 1 aromatic heterocycles. The molecule has 0 aliphatic heterocycles. The standard InChI is InChI=1S/C40H24O/c1-2-9-25(10-3-1)27-17-18-28-22-36-38(24-30(28)21-27)41-37-16-8-15-34(40(36)37)39-32-14-7-5-12-29(32)23-35-31-13-6-4-11-26(31)19-20-33(35)39/h1-24H/i1D,2D,3D,8D,9D,10D,15D,16D,17D,18D,21D,22D,24D. The summed E-state index contributed by atoms with van der Waals surface area (Å²) in [6.07, 6.45) is 0. The summed E-state index contributed by atoms with van der Waals surface area (Å²) in [4.78, 5) is 0. The molecule has 0 amide bonds. The zero-order valence-corrected chi connectivity index (χ0v) is 21.3. The fourth-order valence-corrected chi connectivity index (χ4v) is 5.79. The van der Waals surface area contributed by atoms with Crippen LogP contribution in [-0.4, -0.2) is 0 Å². The summed E-state index contributed by atoms with van der Waals surface area (Å²) in [6.45, 7) is 0. The SMILES string of the molecule is [2H]c1c([2H])c([2H])c(-c2c([2H])c([2H])c3c([2H])c4c(oc5c([2H])c([2H])c([2H])c(-c6c7ccccc7cc7c6ccc6ccccc67)c54)c([2H])c3c2[2H])c([2H])c1[2H]. The number of furan rings is 1. The van der Waals surface area contributed by atoms with Crippen LogP contribution in [0.2, 0.25) is 0 Å². The molecule has 1 nitrogen and oxygen atoms in total. The van der Waals surface area contributed by atoms with Crippen molar-refractivity contribution in [3.05, 3.63) is 145 Å². The Bertz CT molecular complexity index is 3170. The summed E-state index contributed by atoms with van der Waals surface area (Å²) in [5, 5.41) is 4.57. The minimum absolute atomic E-state index is 0.0377. The summed E-state index contributed by atoms with van der Waals surface area (Å²) in [6, 6.07) is 13.9. The van der Waals surface area contributed by atoms with Crippen molar-refractivity contribution >= 4 is 65.0 Å². The molecule has 0 radical (unpaired) electrons. The van der Waals surface area contributed by atoms with Crippen molar-refractivity contribution in [3.63, 3.8) is 0 Å². The molecule has 190 valence electrons. The monoisotopic (exact) mass is 533 g/mol. The number of hydrogen-bond donors (Lipinski definition) is 0. The highest BCUT2D eigenvalue weighted by Crippen LogP contribution is 2.45. The van der Waals surface area contributed by atoms with E-state index in [4.69, 9.17) is 16.8 Å². The molecule has 0 spiro atoms. The largest absolute Gasteiger partial charge is 0.456 e. The fraction of sp³-hybridized carbons (Fsp3) is 0. The molecule has 0 N–H and O–H groups in total. The Hall–Kier alpha value is -5.40. The van der Waals surface area contributed by atoms with Crippen molar-refractivity contribution in [2.75, 3.05) is 0 Å². The van der Waals surface area contributed by atoms with Crippen LogP contribution in [0.4, 0.5) is 0 Å². The summed E-state index contributed by atoms with van der Waals surface area (Å²) in [5.74, 6) is 0. The second kappa shape index (κ2) is 8.55. The zero-order valence-electron chi connectivity index (χ0n) is 34.3. The second-order valence-corrected chi connectivity index (χ2v) is 9.86. The molecular weight excluding hydrogens is 496 g/mol. The second-order valence-electron chi connectivity index (χ2n) is 9.86. The lowest BCUT2D eigenvalue weighted by molar-refractivity contribution is 0.669. The Kier molecular flexibility index (Phi) is 2.77. The molecule has 0 bridgehead atoms. The van der Waals surface area contributed by atoms with E-state index in [0.717, 1.165) is 32.3 Å². The maximum atomic E-state index is 9.55. The number of rotatable bonds is 2. The molecule has 9 aromatic rings. The molecule has 9 rings (SSSR count). The van der Waals surface area contributed by atoms with Crippen LogP contribution in [0.15, 0.2) is 150 Å². The first-order valence-corrected chi connectivity index (χ1v) is 13.1. The van der Waals surface area contributed by atoms with Gasteiger partial charge in [0, 0.05) is 10.8 Å². The lowest BCUT2D eigenvalue weighted by atomic mass is 9.88. The summed E-state index contributed by atoms with van der Waals surface area (Å²) in [5.41, 5.74) is -0.633. The Morgan fingerprint density at radius 3 is 2.20 bits per heavy atom. The third kappa shape index (κ3) is 3.36. The van der Waals surface area contributed by atoms with E-state index in [1.165, 1.54) is 0 Å². The minimum Gasteiger partial charge on any atom is -0.456 e. The molecule has 0 aliphatic rings. The molecule has 0 atom stereocenters. The Balaban J connectivity index is 1.50. The van der Waals surface area contributed by atoms with Crippen molar-refractivity contribution < 1.29 is 22.2 Å². The third-order valence-corrected chi connectivity index (χ3v) is 7.59. The highest BCUT2D eigenvalue weighted by molar-refractivity contribution is 6.25. The molecule has 0 unspecified atom stereocenters. The molecule has 0 saturated carbocycles. The van der Waals surface area contributed by atoms with E-state index < -0.39 is 83.6 Å². The van der Waals surface area contributed by atoms with Crippen LogP contribution in [0.25, 0.3) is 87.3 Å². The highest BCUT2D eigenvalue weighted by atomic mass is 16.3. The van der Waals surface area contributed by atoms with E-state index in [9.17, 15) is 5.48 Å². The van der Waals surface area contributed by atoms with Gasteiger partial charge in [-0.05, 0) is 95.6 Å². The number of fused-ring (bicyclic) bond motifs is 8. The van der Waals surface area contributed by atoms with Crippen LogP contribution in [0, 0.1) is 0 Å². The number of hydrogen-bond acceptors (Lipinski definition) is 1. The van der Waals surface area contributed by atoms with Gasteiger partial charge in [-0.2, -0.15) is 0 Å². The van der Waals surface area contributed by atoms with Gasteiger partial charge in [-0.15, -0.1) is 0 Å². The number of benzene rings is 8. The first kappa shape index (κ1) is 13.3. The summed E-state index contributed by atoms with van der Waals surface area (Å²) >= 11 is 0. The van der Waals surface area contributed by atoms with Crippen LogP contribution in [0.1, 0.15) is 17.8 Å². The lowest BCUT2D eigenvalue weighted by Crippen LogP contribution is -1.88. The van der Waals surface area contributed by atoms with Crippen LogP contribution in [-0.2, 0) is 0 Å². The third-order valence-electron chi connectivity index (χ3n) is 7.59. The van der Waals surface area contributed by atoms with Crippen molar-refractivity contribution in [1.29, 1.82) is 0 Å². The first-order chi connectivity index (χ1) is 25.8. The van der Waals surface area contributed by atoms with Gasteiger partial charge in [0.1, 0.15) is 11.2 Å². The van der Waals surface area contributed by atoms with Gasteiger partial charge in [0.15, 0.2) is 0 Å². The quantitative estimate of drug-likeness (QED) is 0.159. The van der Waals surface area contributed by atoms with Crippen molar-refractivity contribution in [3.8, 4) is 22.3 Å². The van der Waals surface area contributed by atoms with Gasteiger partial charge in [0.2, 0.25) is 0 Å². The topological polar surface area (TPSA) is 13.1 Å². The fourth-order valence-electron chi connectivity index (χ4n) is 5.79. The predicted octanol–water partition coefficient (Wildman–Crippen LogP) is 11.5. The molecule has 41 heavy (non-hydrogen) atoms. The minimum atomic E-state index is -0.696. The molecule has 0 saturated heterocycles. The van der Waals surface area contributed by atoms with E-state index in [2.05, 4.69) is 6.07 Å². The van der Waals surface area contributed by atoms with Crippen LogP contribution >= 0.6 is 0 Å². The van der Waals surface area contributed by atoms with E-state index in [0.29, 0.717) is 5.56 Å². The molecule has 0 fully saturated rings. The van der Waals surface area contributed by atoms with Crippen LogP contribution in [0.3, 0.4) is 0 Å². The smallest absolute Gasteiger partial charge is 0.136 e. The van der Waals surface area contributed by atoms with Gasteiger partial charge in [-0.3, -0.25) is 0 Å². The van der Waals surface area contributed by atoms with Gasteiger partial charge >= 0.3 is 0 Å². The Morgan fingerprint density at radius 2 is 1.29 bits per heavy atom. The van der Waals surface area contributed by atoms with Gasteiger partial charge in [-0.1, -0.05) is 115 Å². The van der Waals surface area contributed by atoms with Crippen molar-refractivity contribution in [2.45, 2.75) is 0 Å². The van der Waals surface area contributed by atoms with E-state index in [-0.39, 0.29) is 44.3 Å². The van der Waals surface area contributed by atoms with Gasteiger partial charge < -0.3 is 4.42 Å². The molecule has 0 aliphatic carbocycles. The van der Waals surface area contributed by atoms with E-state index >= 15 is 0 Å². The Morgan fingerprint density at radius 1 is 0.463 bits per heavy atom. The van der Waals surface area contributed by atoms with Crippen LogP contribution < -0.4 is 0 Å². The highest BCUT2D eigenvalue weighted by Gasteiger charge is 2.18. The molecular formula is C40H24O. The van der Waals surface area contributed by atoms with E-state index in [1.54, 1.807) is 0 Å². The van der Waals surface area contributed by atoms with Crippen LogP contribution in [0.5, 0.6) is 0 Å². The molecule has 8 aromatic carbocycles. The molecule has 1 heteroatoms. The molecule has 1 heterocycles. The average Bonchev–Trinajstić information content (AvgIpc) is 3.58.